The highest BCUT2D eigenvalue weighted by atomic mass is 35.5. The highest BCUT2D eigenvalue weighted by molar-refractivity contribution is 6.30. The van der Waals surface area contributed by atoms with E-state index in [2.05, 4.69) is 11.1 Å². The van der Waals surface area contributed by atoms with E-state index in [1.54, 1.807) is 26.2 Å². The lowest BCUT2D eigenvalue weighted by molar-refractivity contribution is -0.141. The predicted molar refractivity (Wildman–Crippen MR) is 141 cm³/mol. The van der Waals surface area contributed by atoms with E-state index in [1.807, 2.05) is 42.5 Å². The average molecular weight is 525 g/mol. The van der Waals surface area contributed by atoms with Crippen LogP contribution in [0.5, 0.6) is 17.2 Å². The summed E-state index contributed by atoms with van der Waals surface area (Å²) in [5, 5.41) is 10.3. The molecule has 0 fully saturated rings. The molecule has 0 bridgehead atoms. The molecule has 4 rings (SSSR count). The summed E-state index contributed by atoms with van der Waals surface area (Å²) in [6.45, 7) is 0.427. The van der Waals surface area contributed by atoms with Crippen LogP contribution in [0, 0.1) is 0 Å². The molecular formula is C28H29ClN2O6. The van der Waals surface area contributed by atoms with E-state index in [1.165, 1.54) is 0 Å². The Labute approximate surface area is 220 Å². The van der Waals surface area contributed by atoms with Gasteiger partial charge in [-0.3, -0.25) is 9.59 Å². The third kappa shape index (κ3) is 5.80. The zero-order valence-corrected chi connectivity index (χ0v) is 21.7. The second-order valence-electron chi connectivity index (χ2n) is 8.72. The molecule has 2 aromatic carbocycles. The van der Waals surface area contributed by atoms with E-state index >= 15 is 0 Å². The van der Waals surface area contributed by atoms with Crippen molar-refractivity contribution in [2.75, 3.05) is 27.9 Å². The second-order valence-corrected chi connectivity index (χ2v) is 9.07. The highest BCUT2D eigenvalue weighted by Crippen LogP contribution is 2.41. The Morgan fingerprint density at radius 1 is 1.03 bits per heavy atom. The minimum absolute atomic E-state index is 0.0899. The van der Waals surface area contributed by atoms with Crippen LogP contribution in [-0.2, 0) is 9.59 Å². The van der Waals surface area contributed by atoms with Gasteiger partial charge in [-0.15, -0.1) is 0 Å². The van der Waals surface area contributed by atoms with E-state index in [4.69, 9.17) is 30.9 Å². The second kappa shape index (κ2) is 11.5. The van der Waals surface area contributed by atoms with Crippen LogP contribution in [-0.4, -0.2) is 54.7 Å². The molecule has 37 heavy (non-hydrogen) atoms. The number of carbonyl (C=O) groups excluding carboxylic acids is 1. The van der Waals surface area contributed by atoms with Crippen molar-refractivity contribution >= 4 is 40.0 Å². The number of methoxy groups -OCH3 is 3. The molecule has 1 aliphatic rings. The summed E-state index contributed by atoms with van der Waals surface area (Å²) in [5.74, 6) is 0.654. The van der Waals surface area contributed by atoms with E-state index < -0.39 is 12.0 Å². The number of aliphatic carboxylic acids is 1. The van der Waals surface area contributed by atoms with Gasteiger partial charge in [0.15, 0.2) is 11.5 Å². The maximum Gasteiger partial charge on any atom is 0.303 e. The number of rotatable bonds is 8. The molecule has 1 amide bonds. The first-order valence-electron chi connectivity index (χ1n) is 11.9. The standard InChI is InChI=1S/C28H29ClN2O6/c1-35-20-8-6-19-13-21(28(29)30-22(19)16-20)23-14-17(18-7-9-24(36-2)25(15-18)37-3)5-4-12-31(23)26(32)10-11-27(33)34/h5-9,13,15-16,23H,4,10-12,14H2,1-3H3,(H,33,34). The van der Waals surface area contributed by atoms with E-state index in [0.29, 0.717) is 47.7 Å². The number of aromatic nitrogens is 1. The number of halogens is 1. The predicted octanol–water partition coefficient (Wildman–Crippen LogP) is 5.53. The van der Waals surface area contributed by atoms with Gasteiger partial charge in [0.25, 0.3) is 0 Å². The fourth-order valence-electron chi connectivity index (χ4n) is 4.64. The maximum absolute atomic E-state index is 13.2. The van der Waals surface area contributed by atoms with Gasteiger partial charge in [0.1, 0.15) is 10.9 Å². The molecular weight excluding hydrogens is 496 g/mol. The van der Waals surface area contributed by atoms with Gasteiger partial charge in [-0.05, 0) is 54.3 Å². The smallest absolute Gasteiger partial charge is 0.303 e. The number of benzene rings is 2. The summed E-state index contributed by atoms with van der Waals surface area (Å²) in [5.41, 5.74) is 3.35. The fraction of sp³-hybridized carbons (Fsp3) is 0.321. The van der Waals surface area contributed by atoms with E-state index in [0.717, 1.165) is 16.5 Å². The molecule has 8 nitrogen and oxygen atoms in total. The van der Waals surface area contributed by atoms with Crippen LogP contribution >= 0.6 is 11.6 Å². The highest BCUT2D eigenvalue weighted by Gasteiger charge is 2.30. The molecule has 0 spiro atoms. The molecule has 2 heterocycles. The first-order valence-corrected chi connectivity index (χ1v) is 12.3. The van der Waals surface area contributed by atoms with Crippen molar-refractivity contribution in [1.82, 2.24) is 9.88 Å². The van der Waals surface area contributed by atoms with Crippen molar-refractivity contribution in [3.63, 3.8) is 0 Å². The maximum atomic E-state index is 13.2. The van der Waals surface area contributed by atoms with E-state index in [9.17, 15) is 9.59 Å². The van der Waals surface area contributed by atoms with Gasteiger partial charge >= 0.3 is 5.97 Å². The molecule has 1 aromatic heterocycles. The topological polar surface area (TPSA) is 98.2 Å². The van der Waals surface area contributed by atoms with Gasteiger partial charge in [0.05, 0.1) is 39.3 Å². The number of pyridine rings is 1. The fourth-order valence-corrected chi connectivity index (χ4v) is 4.91. The number of carbonyl (C=O) groups is 2. The number of hydrogen-bond acceptors (Lipinski definition) is 6. The van der Waals surface area contributed by atoms with Crippen molar-refractivity contribution in [2.24, 2.45) is 0 Å². The summed E-state index contributed by atoms with van der Waals surface area (Å²) in [4.78, 5) is 30.7. The van der Waals surface area contributed by atoms with Crippen molar-refractivity contribution in [3.8, 4) is 17.2 Å². The molecule has 1 N–H and O–H groups in total. The summed E-state index contributed by atoms with van der Waals surface area (Å²) in [7, 11) is 4.76. The lowest BCUT2D eigenvalue weighted by atomic mass is 9.93. The molecule has 3 aromatic rings. The Morgan fingerprint density at radius 2 is 1.81 bits per heavy atom. The normalized spacial score (nSPS) is 15.6. The third-order valence-electron chi connectivity index (χ3n) is 6.54. The van der Waals surface area contributed by atoms with Gasteiger partial charge in [-0.25, -0.2) is 4.98 Å². The van der Waals surface area contributed by atoms with Crippen LogP contribution in [0.3, 0.4) is 0 Å². The lowest BCUT2D eigenvalue weighted by Gasteiger charge is -2.32. The van der Waals surface area contributed by atoms with Gasteiger partial charge in [-0.1, -0.05) is 23.7 Å². The number of ether oxygens (including phenoxy) is 3. The molecule has 1 aliphatic heterocycles. The van der Waals surface area contributed by atoms with Crippen LogP contribution in [0.25, 0.3) is 16.5 Å². The SMILES string of the molecule is COc1ccc2cc(C3CC(c4ccc(OC)c(OC)c4)=CCCN3C(=O)CCC(=O)O)c(Cl)nc2c1. The first-order chi connectivity index (χ1) is 17.8. The van der Waals surface area contributed by atoms with E-state index in [-0.39, 0.29) is 23.9 Å². The summed E-state index contributed by atoms with van der Waals surface area (Å²) in [6, 6.07) is 12.8. The minimum atomic E-state index is -1.01. The Morgan fingerprint density at radius 3 is 2.51 bits per heavy atom. The Hall–Kier alpha value is -3.78. The van der Waals surface area contributed by atoms with Crippen LogP contribution in [0.1, 0.15) is 42.9 Å². The molecule has 0 radical (unpaired) electrons. The van der Waals surface area contributed by atoms with Gasteiger partial charge in [0, 0.05) is 30.0 Å². The molecule has 1 unspecified atom stereocenters. The number of hydrogen-bond donors (Lipinski definition) is 1. The molecule has 194 valence electrons. The average Bonchev–Trinajstić information content (AvgIpc) is 3.13. The zero-order chi connectivity index (χ0) is 26.5. The lowest BCUT2D eigenvalue weighted by Crippen LogP contribution is -2.35. The Balaban J connectivity index is 1.77. The Bertz CT molecular complexity index is 1360. The first kappa shape index (κ1) is 26.3. The van der Waals surface area contributed by atoms with Crippen molar-refractivity contribution in [3.05, 3.63) is 64.8 Å². The van der Waals surface area contributed by atoms with Crippen molar-refractivity contribution in [2.45, 2.75) is 31.7 Å². The molecule has 0 aliphatic carbocycles. The van der Waals surface area contributed by atoms with Gasteiger partial charge < -0.3 is 24.2 Å². The number of carboxylic acids is 1. The minimum Gasteiger partial charge on any atom is -0.497 e. The summed E-state index contributed by atoms with van der Waals surface area (Å²) < 4.78 is 16.2. The van der Waals surface area contributed by atoms with Crippen LogP contribution in [0.2, 0.25) is 5.15 Å². The van der Waals surface area contributed by atoms with Crippen LogP contribution in [0.4, 0.5) is 0 Å². The number of carboxylic acid groups (broad SMARTS) is 1. The number of nitrogens with zero attached hydrogens (tertiary/aromatic N) is 2. The zero-order valence-electron chi connectivity index (χ0n) is 21.0. The molecule has 0 saturated carbocycles. The van der Waals surface area contributed by atoms with Gasteiger partial charge in [0.2, 0.25) is 5.91 Å². The quantitative estimate of drug-likeness (QED) is 0.387. The monoisotopic (exact) mass is 524 g/mol. The molecule has 9 heteroatoms. The molecule has 1 atom stereocenters. The van der Waals surface area contributed by atoms with Crippen LogP contribution < -0.4 is 14.2 Å². The van der Waals surface area contributed by atoms with Crippen molar-refractivity contribution in [1.29, 1.82) is 0 Å². The summed E-state index contributed by atoms with van der Waals surface area (Å²) >= 11 is 6.72. The third-order valence-corrected chi connectivity index (χ3v) is 6.84. The summed E-state index contributed by atoms with van der Waals surface area (Å²) in [6.07, 6.45) is 2.85. The number of fused-ring (bicyclic) bond motifs is 1. The van der Waals surface area contributed by atoms with Crippen molar-refractivity contribution < 1.29 is 28.9 Å². The van der Waals surface area contributed by atoms with Gasteiger partial charge in [-0.2, -0.15) is 0 Å². The molecule has 0 saturated heterocycles. The Kier molecular flexibility index (Phi) is 8.18. The largest absolute Gasteiger partial charge is 0.497 e. The number of amides is 1. The van der Waals surface area contributed by atoms with Crippen LogP contribution in [0.15, 0.2) is 48.5 Å².